The van der Waals surface area contributed by atoms with E-state index in [0.717, 1.165) is 32.4 Å². The molecule has 0 radical (unpaired) electrons. The topological polar surface area (TPSA) is 52.7 Å². The van der Waals surface area contributed by atoms with Gasteiger partial charge < -0.3 is 15.7 Å². The van der Waals surface area contributed by atoms with Gasteiger partial charge in [-0.2, -0.15) is 0 Å². The van der Waals surface area contributed by atoms with Gasteiger partial charge >= 0.3 is 0 Å². The summed E-state index contributed by atoms with van der Waals surface area (Å²) >= 11 is 0. The minimum Gasteiger partial charge on any atom is -0.389 e. The van der Waals surface area contributed by atoms with Gasteiger partial charge in [0.2, 0.25) is 0 Å². The Labute approximate surface area is 112 Å². The molecule has 1 aliphatic rings. The number of hydrogen-bond donors (Lipinski definition) is 2. The summed E-state index contributed by atoms with van der Waals surface area (Å²) < 4.78 is 0. The fraction of sp³-hybridized carbons (Fsp3) is 1.00. The Morgan fingerprint density at radius 2 is 2.06 bits per heavy atom. The highest BCUT2D eigenvalue weighted by Gasteiger charge is 2.22. The van der Waals surface area contributed by atoms with E-state index in [1.807, 2.05) is 6.92 Å². The lowest BCUT2D eigenvalue weighted by atomic mass is 9.99. The molecule has 3 N–H and O–H groups in total. The molecule has 0 aliphatic carbocycles. The number of nitrogens with two attached hydrogens (primary N) is 1. The highest BCUT2D eigenvalue weighted by atomic mass is 16.3. The van der Waals surface area contributed by atoms with Crippen molar-refractivity contribution in [2.75, 3.05) is 39.3 Å². The SMILES string of the molecule is CCN1CCN(CCCCC(C)(O)CN)CC1C. The van der Waals surface area contributed by atoms with E-state index in [0.29, 0.717) is 12.6 Å². The molecule has 1 aliphatic heterocycles. The maximum absolute atomic E-state index is 9.82. The molecule has 1 fully saturated rings. The highest BCUT2D eigenvalue weighted by molar-refractivity contribution is 4.78. The van der Waals surface area contributed by atoms with Crippen molar-refractivity contribution in [2.24, 2.45) is 5.73 Å². The van der Waals surface area contributed by atoms with Gasteiger partial charge in [0, 0.05) is 32.2 Å². The first kappa shape index (κ1) is 15.9. The van der Waals surface area contributed by atoms with Crippen LogP contribution in [0.15, 0.2) is 0 Å². The van der Waals surface area contributed by atoms with Crippen molar-refractivity contribution in [1.29, 1.82) is 0 Å². The zero-order chi connectivity index (χ0) is 13.6. The molecule has 4 heteroatoms. The fourth-order valence-corrected chi connectivity index (χ4v) is 2.69. The van der Waals surface area contributed by atoms with E-state index in [9.17, 15) is 5.11 Å². The van der Waals surface area contributed by atoms with Crippen LogP contribution in [0.2, 0.25) is 0 Å². The molecule has 1 heterocycles. The van der Waals surface area contributed by atoms with E-state index in [4.69, 9.17) is 5.73 Å². The van der Waals surface area contributed by atoms with Gasteiger partial charge in [0.1, 0.15) is 0 Å². The van der Waals surface area contributed by atoms with E-state index < -0.39 is 5.60 Å². The Kier molecular flexibility index (Phi) is 6.57. The van der Waals surface area contributed by atoms with Crippen molar-refractivity contribution in [1.82, 2.24) is 9.80 Å². The molecular weight excluding hydrogens is 226 g/mol. The average molecular weight is 257 g/mol. The number of likely N-dealkylation sites (N-methyl/N-ethyl adjacent to an activating group) is 1. The summed E-state index contributed by atoms with van der Waals surface area (Å²) in [6, 6.07) is 0.677. The lowest BCUT2D eigenvalue weighted by Gasteiger charge is -2.39. The van der Waals surface area contributed by atoms with Gasteiger partial charge in [0.25, 0.3) is 0 Å². The van der Waals surface area contributed by atoms with Gasteiger partial charge in [-0.1, -0.05) is 6.92 Å². The monoisotopic (exact) mass is 257 g/mol. The third-order valence-electron chi connectivity index (χ3n) is 4.13. The van der Waals surface area contributed by atoms with Crippen molar-refractivity contribution < 1.29 is 5.11 Å². The predicted octanol–water partition coefficient (Wildman–Crippen LogP) is 0.892. The minimum atomic E-state index is -0.672. The molecule has 0 aromatic carbocycles. The molecule has 0 spiro atoms. The Morgan fingerprint density at radius 1 is 1.33 bits per heavy atom. The number of piperazine rings is 1. The Balaban J connectivity index is 2.14. The van der Waals surface area contributed by atoms with Crippen LogP contribution in [-0.2, 0) is 0 Å². The van der Waals surface area contributed by atoms with E-state index in [2.05, 4.69) is 23.6 Å². The van der Waals surface area contributed by atoms with E-state index in [-0.39, 0.29) is 0 Å². The highest BCUT2D eigenvalue weighted by Crippen LogP contribution is 2.14. The summed E-state index contributed by atoms with van der Waals surface area (Å²) in [6.45, 7) is 12.6. The van der Waals surface area contributed by atoms with Crippen molar-refractivity contribution in [3.63, 3.8) is 0 Å². The van der Waals surface area contributed by atoms with E-state index >= 15 is 0 Å². The van der Waals surface area contributed by atoms with Crippen LogP contribution in [0.3, 0.4) is 0 Å². The number of rotatable bonds is 7. The van der Waals surface area contributed by atoms with Gasteiger partial charge in [-0.3, -0.25) is 4.90 Å². The van der Waals surface area contributed by atoms with Crippen LogP contribution < -0.4 is 5.73 Å². The third-order valence-corrected chi connectivity index (χ3v) is 4.13. The lowest BCUT2D eigenvalue weighted by Crippen LogP contribution is -2.51. The van der Waals surface area contributed by atoms with Gasteiger partial charge in [-0.25, -0.2) is 0 Å². The Morgan fingerprint density at radius 3 is 2.61 bits per heavy atom. The lowest BCUT2D eigenvalue weighted by molar-refractivity contribution is 0.0534. The van der Waals surface area contributed by atoms with E-state index in [1.165, 1.54) is 19.6 Å². The van der Waals surface area contributed by atoms with Crippen LogP contribution in [0.4, 0.5) is 0 Å². The number of unbranched alkanes of at least 4 members (excludes halogenated alkanes) is 1. The quantitative estimate of drug-likeness (QED) is 0.665. The first-order valence-electron chi connectivity index (χ1n) is 7.37. The molecule has 4 nitrogen and oxygen atoms in total. The number of hydrogen-bond acceptors (Lipinski definition) is 4. The molecule has 2 unspecified atom stereocenters. The molecule has 0 amide bonds. The van der Waals surface area contributed by atoms with Crippen molar-refractivity contribution in [2.45, 2.75) is 51.7 Å². The molecule has 0 bridgehead atoms. The molecule has 0 aromatic rings. The summed E-state index contributed by atoms with van der Waals surface area (Å²) in [6.07, 6.45) is 3.04. The second-order valence-electron chi connectivity index (χ2n) is 5.94. The van der Waals surface area contributed by atoms with Gasteiger partial charge in [0.15, 0.2) is 0 Å². The zero-order valence-corrected chi connectivity index (χ0v) is 12.4. The zero-order valence-electron chi connectivity index (χ0n) is 12.4. The van der Waals surface area contributed by atoms with Crippen molar-refractivity contribution in [3.8, 4) is 0 Å². The summed E-state index contributed by atoms with van der Waals surface area (Å²) in [7, 11) is 0. The predicted molar refractivity (Wildman–Crippen MR) is 76.7 cm³/mol. The normalized spacial score (nSPS) is 26.2. The van der Waals surface area contributed by atoms with Crippen LogP contribution in [0.5, 0.6) is 0 Å². The standard InChI is InChI=1S/C14H31N3O/c1-4-17-10-9-16(11-13(17)2)8-6-5-7-14(3,18)12-15/h13,18H,4-12,15H2,1-3H3. The fourth-order valence-electron chi connectivity index (χ4n) is 2.69. The first-order valence-corrected chi connectivity index (χ1v) is 7.37. The summed E-state index contributed by atoms with van der Waals surface area (Å²) in [5.74, 6) is 0. The average Bonchev–Trinajstić information content (AvgIpc) is 2.35. The van der Waals surface area contributed by atoms with Crippen molar-refractivity contribution >= 4 is 0 Å². The second-order valence-corrected chi connectivity index (χ2v) is 5.94. The maximum atomic E-state index is 9.82. The second kappa shape index (κ2) is 7.43. The molecule has 1 rings (SSSR count). The maximum Gasteiger partial charge on any atom is 0.0741 e. The minimum absolute atomic E-state index is 0.360. The van der Waals surface area contributed by atoms with Gasteiger partial charge in [-0.05, 0) is 46.2 Å². The molecule has 1 saturated heterocycles. The molecule has 18 heavy (non-hydrogen) atoms. The van der Waals surface area contributed by atoms with Crippen LogP contribution >= 0.6 is 0 Å². The molecule has 108 valence electrons. The van der Waals surface area contributed by atoms with Crippen molar-refractivity contribution in [3.05, 3.63) is 0 Å². The van der Waals surface area contributed by atoms with E-state index in [1.54, 1.807) is 0 Å². The molecule has 2 atom stereocenters. The van der Waals surface area contributed by atoms with Gasteiger partial charge in [0.05, 0.1) is 5.60 Å². The van der Waals surface area contributed by atoms with Crippen LogP contribution in [0.25, 0.3) is 0 Å². The number of aliphatic hydroxyl groups is 1. The largest absolute Gasteiger partial charge is 0.389 e. The van der Waals surface area contributed by atoms with Crippen LogP contribution in [0.1, 0.15) is 40.0 Å². The molecular formula is C14H31N3O. The van der Waals surface area contributed by atoms with Crippen LogP contribution in [0, 0.1) is 0 Å². The Bertz CT molecular complexity index is 233. The molecule has 0 saturated carbocycles. The smallest absolute Gasteiger partial charge is 0.0741 e. The van der Waals surface area contributed by atoms with Gasteiger partial charge in [-0.15, -0.1) is 0 Å². The summed E-state index contributed by atoms with van der Waals surface area (Å²) in [4.78, 5) is 5.09. The molecule has 0 aromatic heterocycles. The summed E-state index contributed by atoms with van der Waals surface area (Å²) in [5, 5.41) is 9.82. The third kappa shape index (κ3) is 5.22. The summed E-state index contributed by atoms with van der Waals surface area (Å²) in [5.41, 5.74) is 4.84. The number of nitrogens with zero attached hydrogens (tertiary/aromatic N) is 2. The Hall–Kier alpha value is -0.160. The van der Waals surface area contributed by atoms with Crippen LogP contribution in [-0.4, -0.2) is 65.8 Å². The first-order chi connectivity index (χ1) is 8.48.